The topological polar surface area (TPSA) is 124 Å². The summed E-state index contributed by atoms with van der Waals surface area (Å²) in [5.74, 6) is -1.53. The van der Waals surface area contributed by atoms with Gasteiger partial charge in [0.2, 0.25) is 11.8 Å². The molecule has 0 aliphatic carbocycles. The van der Waals surface area contributed by atoms with Crippen molar-refractivity contribution in [1.82, 2.24) is 30.2 Å². The molecule has 4 atom stereocenters. The second-order valence-electron chi connectivity index (χ2n) is 12.1. The first-order valence-corrected chi connectivity index (χ1v) is 16.7. The molecule has 2 aliphatic heterocycles. The minimum Gasteiger partial charge on any atom is -0.604 e. The maximum atomic E-state index is 14.9. The van der Waals surface area contributed by atoms with Gasteiger partial charge in [-0.25, -0.2) is 19.5 Å². The number of pyridine rings is 1. The van der Waals surface area contributed by atoms with Crippen molar-refractivity contribution >= 4 is 29.5 Å². The molecule has 2 amide bonds. The summed E-state index contributed by atoms with van der Waals surface area (Å²) in [6, 6.07) is 11.6. The first-order chi connectivity index (χ1) is 23.5. The maximum absolute atomic E-state index is 14.9. The number of alkyl halides is 3. The number of quaternary nitrogens is 1. The maximum Gasteiger partial charge on any atom is 0.433 e. The van der Waals surface area contributed by atoms with Gasteiger partial charge in [-0.15, -0.1) is 5.01 Å². The second-order valence-corrected chi connectivity index (χ2v) is 12.5. The van der Waals surface area contributed by atoms with E-state index in [1.165, 1.54) is 6.08 Å². The van der Waals surface area contributed by atoms with Crippen LogP contribution >= 0.6 is 11.6 Å². The number of benzene rings is 1. The molecule has 49 heavy (non-hydrogen) atoms. The summed E-state index contributed by atoms with van der Waals surface area (Å²) in [5.41, 5.74) is 0.132. The highest BCUT2D eigenvalue weighted by molar-refractivity contribution is 6.30. The number of carbonyl (C=O) groups excluding carboxylic acids is 2. The number of hydroxylamine groups is 2. The Bertz CT molecular complexity index is 1590. The van der Waals surface area contributed by atoms with Gasteiger partial charge in [0, 0.05) is 48.3 Å². The van der Waals surface area contributed by atoms with E-state index in [1.807, 2.05) is 0 Å². The lowest BCUT2D eigenvalue weighted by Crippen LogP contribution is -2.72. The van der Waals surface area contributed by atoms with Gasteiger partial charge in [-0.2, -0.15) is 13.2 Å². The standard InChI is InChI=1S/C34H39ClF3N7O4/c1-2-45(48,33(47)28(20-26-8-4-5-16-39-26)42-30(46)14-11-24-9-12-25(35)13-10-24)44-19-15-27(21-32(44)43-17-6-3-7-18-43)49-31-22-29(34(36,37)38)40-23-41-31/h4-5,8-14,16,22-23,27-28,32H,2-3,6-7,15,17-21H2,1H3,(H,42,46)/b14-11+. The van der Waals surface area contributed by atoms with E-state index in [1.54, 1.807) is 66.7 Å². The van der Waals surface area contributed by atoms with E-state index in [9.17, 15) is 28.0 Å². The molecular weight excluding hydrogens is 663 g/mol. The summed E-state index contributed by atoms with van der Waals surface area (Å²) in [6.07, 6.45) is 2.80. The van der Waals surface area contributed by atoms with Crippen molar-refractivity contribution in [3.05, 3.63) is 94.3 Å². The Morgan fingerprint density at radius 1 is 1.10 bits per heavy atom. The van der Waals surface area contributed by atoms with Crippen molar-refractivity contribution < 1.29 is 32.3 Å². The predicted octanol–water partition coefficient (Wildman–Crippen LogP) is 5.42. The van der Waals surface area contributed by atoms with Crippen LogP contribution in [0.15, 0.2) is 67.1 Å². The van der Waals surface area contributed by atoms with Crippen molar-refractivity contribution in [1.29, 1.82) is 0 Å². The number of piperidine rings is 2. The smallest absolute Gasteiger partial charge is 0.433 e. The Kier molecular flexibility index (Phi) is 12.0. The van der Waals surface area contributed by atoms with Crippen LogP contribution in [0.2, 0.25) is 5.02 Å². The molecule has 2 aromatic heterocycles. The van der Waals surface area contributed by atoms with Gasteiger partial charge in [-0.1, -0.05) is 36.2 Å². The normalized spacial score (nSPS) is 21.2. The number of carbonyl (C=O) groups is 2. The SMILES string of the molecule is CC[N+]([O-])(C(=O)C(Cc1ccccn1)NC(=O)/C=C/c1ccc(Cl)cc1)N1CCC(Oc2cc(C(F)(F)F)ncn2)CC1N1CCCCC1. The van der Waals surface area contributed by atoms with Crippen LogP contribution in [0.1, 0.15) is 56.0 Å². The van der Waals surface area contributed by atoms with Crippen LogP contribution in [0.4, 0.5) is 13.2 Å². The quantitative estimate of drug-likeness (QED) is 0.159. The molecule has 1 aromatic carbocycles. The number of rotatable bonds is 11. The minimum atomic E-state index is -4.66. The Balaban J connectivity index is 1.39. The van der Waals surface area contributed by atoms with E-state index >= 15 is 0 Å². The van der Waals surface area contributed by atoms with Crippen LogP contribution in [0.25, 0.3) is 6.08 Å². The number of likely N-dealkylation sites (tertiary alicyclic amines) is 1. The Hall–Kier alpha value is -3.95. The van der Waals surface area contributed by atoms with Gasteiger partial charge in [0.15, 0.2) is 11.7 Å². The molecule has 0 radical (unpaired) electrons. The average molecular weight is 702 g/mol. The summed E-state index contributed by atoms with van der Waals surface area (Å²) in [7, 11) is 0. The number of likely N-dealkylation sites (N-methyl/N-ethyl adjacent to an activating group) is 1. The molecule has 3 aromatic rings. The molecule has 2 aliphatic rings. The van der Waals surface area contributed by atoms with Crippen molar-refractivity contribution in [3.63, 3.8) is 0 Å². The summed E-state index contributed by atoms with van der Waals surface area (Å²) in [4.78, 5) is 41.3. The van der Waals surface area contributed by atoms with Crippen molar-refractivity contribution in [3.8, 4) is 5.88 Å². The zero-order valence-electron chi connectivity index (χ0n) is 27.1. The molecule has 1 N–H and O–H groups in total. The third kappa shape index (κ3) is 9.40. The number of ether oxygens (including phenoxy) is 1. The van der Waals surface area contributed by atoms with E-state index in [-0.39, 0.29) is 38.2 Å². The first-order valence-electron chi connectivity index (χ1n) is 16.3. The van der Waals surface area contributed by atoms with Gasteiger partial charge >= 0.3 is 12.1 Å². The zero-order valence-corrected chi connectivity index (χ0v) is 27.8. The van der Waals surface area contributed by atoms with Crippen LogP contribution < -0.4 is 10.1 Å². The lowest BCUT2D eigenvalue weighted by atomic mass is 10.0. The average Bonchev–Trinajstić information content (AvgIpc) is 3.11. The lowest BCUT2D eigenvalue weighted by molar-refractivity contribution is -0.934. The third-order valence-corrected chi connectivity index (χ3v) is 9.02. The summed E-state index contributed by atoms with van der Waals surface area (Å²) in [6.45, 7) is 2.96. The van der Waals surface area contributed by atoms with Gasteiger partial charge in [0.1, 0.15) is 25.1 Å². The highest BCUT2D eigenvalue weighted by atomic mass is 35.5. The van der Waals surface area contributed by atoms with E-state index in [4.69, 9.17) is 16.3 Å². The van der Waals surface area contributed by atoms with Crippen LogP contribution in [0.3, 0.4) is 0 Å². The molecule has 15 heteroatoms. The van der Waals surface area contributed by atoms with Gasteiger partial charge in [-0.3, -0.25) is 14.7 Å². The fraction of sp³-hybridized carbons (Fsp3) is 0.441. The predicted molar refractivity (Wildman–Crippen MR) is 176 cm³/mol. The molecule has 2 fully saturated rings. The number of hydrogen-bond acceptors (Lipinski definition) is 9. The highest BCUT2D eigenvalue weighted by Gasteiger charge is 2.48. The van der Waals surface area contributed by atoms with E-state index in [0.29, 0.717) is 23.8 Å². The number of nitrogens with one attached hydrogen (secondary N) is 1. The van der Waals surface area contributed by atoms with Crippen molar-refractivity contribution in [2.45, 2.75) is 69.9 Å². The van der Waals surface area contributed by atoms with E-state index in [2.05, 4.69) is 25.2 Å². The van der Waals surface area contributed by atoms with Gasteiger partial charge in [0.25, 0.3) is 0 Å². The number of nitrogens with zero attached hydrogens (tertiary/aromatic N) is 6. The highest BCUT2D eigenvalue weighted by Crippen LogP contribution is 2.33. The lowest BCUT2D eigenvalue weighted by Gasteiger charge is -2.55. The largest absolute Gasteiger partial charge is 0.604 e. The fourth-order valence-electron chi connectivity index (χ4n) is 6.27. The second kappa shape index (κ2) is 16.2. The summed E-state index contributed by atoms with van der Waals surface area (Å²) >= 11 is 5.97. The fourth-order valence-corrected chi connectivity index (χ4v) is 6.39. The molecule has 11 nitrogen and oxygen atoms in total. The summed E-state index contributed by atoms with van der Waals surface area (Å²) < 4.78 is 44.5. The summed E-state index contributed by atoms with van der Waals surface area (Å²) in [5, 5.41) is 19.8. The zero-order chi connectivity index (χ0) is 35.0. The Morgan fingerprint density at radius 2 is 1.86 bits per heavy atom. The molecule has 4 unspecified atom stereocenters. The van der Waals surface area contributed by atoms with Crippen LogP contribution in [0, 0.1) is 5.21 Å². The Morgan fingerprint density at radius 3 is 2.53 bits per heavy atom. The molecule has 0 bridgehead atoms. The third-order valence-electron chi connectivity index (χ3n) is 8.77. The molecule has 4 heterocycles. The van der Waals surface area contributed by atoms with Gasteiger partial charge < -0.3 is 15.3 Å². The van der Waals surface area contributed by atoms with Crippen LogP contribution in [-0.2, 0) is 22.2 Å². The number of amides is 2. The van der Waals surface area contributed by atoms with E-state index < -0.39 is 46.8 Å². The molecule has 0 saturated carbocycles. The van der Waals surface area contributed by atoms with Gasteiger partial charge in [0.05, 0.1) is 6.54 Å². The molecule has 5 rings (SSSR count). The number of aromatic nitrogens is 3. The molecule has 2 saturated heterocycles. The Labute approximate surface area is 287 Å². The van der Waals surface area contributed by atoms with Crippen molar-refractivity contribution in [2.24, 2.45) is 0 Å². The van der Waals surface area contributed by atoms with Crippen molar-refractivity contribution in [2.75, 3.05) is 26.2 Å². The monoisotopic (exact) mass is 701 g/mol. The number of halogens is 4. The van der Waals surface area contributed by atoms with E-state index in [0.717, 1.165) is 37.2 Å². The molecule has 0 spiro atoms. The number of hydrogen-bond donors (Lipinski definition) is 1. The molecule has 262 valence electrons. The van der Waals surface area contributed by atoms with Crippen LogP contribution in [-0.4, -0.2) is 85.9 Å². The molecular formula is C34H39ClF3N7O4. The van der Waals surface area contributed by atoms with Crippen LogP contribution in [0.5, 0.6) is 5.88 Å². The first kappa shape index (κ1) is 36.3. The van der Waals surface area contributed by atoms with Gasteiger partial charge in [-0.05, 0) is 68.8 Å². The minimum absolute atomic E-state index is 0.00829.